The largest absolute Gasteiger partial charge is 0.409 e. The minimum atomic E-state index is -4.26. The van der Waals surface area contributed by atoms with Crippen LogP contribution in [0.2, 0.25) is 0 Å². The van der Waals surface area contributed by atoms with Crippen molar-refractivity contribution in [2.24, 2.45) is 10.9 Å². The number of hydrogen-bond acceptors (Lipinski definition) is 3. The Morgan fingerprint density at radius 1 is 1.50 bits per heavy atom. The van der Waals surface area contributed by atoms with E-state index in [-0.39, 0.29) is 18.9 Å². The average molecular weight is 213 g/mol. The second kappa shape index (κ2) is 5.69. The maximum atomic E-state index is 12.0. The van der Waals surface area contributed by atoms with Crippen LogP contribution in [0.5, 0.6) is 0 Å². The van der Waals surface area contributed by atoms with Crippen molar-refractivity contribution >= 4 is 5.84 Å². The van der Waals surface area contributed by atoms with E-state index in [9.17, 15) is 13.2 Å². The Kier molecular flexibility index (Phi) is 5.29. The molecule has 0 aromatic heterocycles. The van der Waals surface area contributed by atoms with Crippen LogP contribution in [0.25, 0.3) is 0 Å². The summed E-state index contributed by atoms with van der Waals surface area (Å²) in [5, 5.41) is 10.8. The van der Waals surface area contributed by atoms with Gasteiger partial charge in [0, 0.05) is 0 Å². The van der Waals surface area contributed by atoms with Gasteiger partial charge in [-0.3, -0.25) is 4.90 Å². The summed E-state index contributed by atoms with van der Waals surface area (Å²) in [7, 11) is 0. The molecule has 7 heteroatoms. The molecule has 0 aromatic carbocycles. The highest BCUT2D eigenvalue weighted by Crippen LogP contribution is 2.16. The summed E-state index contributed by atoms with van der Waals surface area (Å²) >= 11 is 0. The monoisotopic (exact) mass is 213 g/mol. The van der Waals surface area contributed by atoms with Gasteiger partial charge in [0.2, 0.25) is 0 Å². The quantitative estimate of drug-likeness (QED) is 0.310. The lowest BCUT2D eigenvalue weighted by Gasteiger charge is -2.21. The Balaban J connectivity index is 4.15. The van der Waals surface area contributed by atoms with Crippen LogP contribution in [-0.4, -0.2) is 41.8 Å². The first-order chi connectivity index (χ1) is 6.39. The molecule has 3 N–H and O–H groups in total. The Morgan fingerprint density at radius 3 is 2.43 bits per heavy atom. The second-order valence-corrected chi connectivity index (χ2v) is 2.92. The van der Waals surface area contributed by atoms with E-state index in [2.05, 4.69) is 5.16 Å². The lowest BCUT2D eigenvalue weighted by Crippen LogP contribution is -2.40. The van der Waals surface area contributed by atoms with Crippen LogP contribution >= 0.6 is 0 Å². The lowest BCUT2D eigenvalue weighted by atomic mass is 10.3. The Hall–Kier alpha value is -0.980. The van der Waals surface area contributed by atoms with E-state index >= 15 is 0 Å². The van der Waals surface area contributed by atoms with Crippen molar-refractivity contribution in [3.05, 3.63) is 0 Å². The van der Waals surface area contributed by atoms with Gasteiger partial charge in [0.1, 0.15) is 0 Å². The third-order valence-electron chi connectivity index (χ3n) is 1.46. The van der Waals surface area contributed by atoms with Crippen LogP contribution in [0.15, 0.2) is 5.16 Å². The van der Waals surface area contributed by atoms with Crippen LogP contribution in [0.4, 0.5) is 13.2 Å². The predicted octanol–water partition coefficient (Wildman–Crippen LogP) is 1.01. The maximum Gasteiger partial charge on any atom is 0.401 e. The standard InChI is InChI=1S/C7H14F3N3O/c1-2-3-13(4-6(11)12-14)5-7(8,9)10/h14H,2-5H2,1H3,(H2,11,12). The molecule has 0 rings (SSSR count). The molecule has 0 aliphatic heterocycles. The summed E-state index contributed by atoms with van der Waals surface area (Å²) in [5.74, 6) is -0.220. The molecule has 14 heavy (non-hydrogen) atoms. The zero-order chi connectivity index (χ0) is 11.2. The van der Waals surface area contributed by atoms with E-state index in [1.165, 1.54) is 0 Å². The molecule has 0 amide bonds. The fourth-order valence-corrected chi connectivity index (χ4v) is 1.04. The molecule has 0 bridgehead atoms. The Bertz CT molecular complexity index is 193. The maximum absolute atomic E-state index is 12.0. The minimum Gasteiger partial charge on any atom is -0.409 e. The van der Waals surface area contributed by atoms with Crippen LogP contribution in [0.3, 0.4) is 0 Å². The van der Waals surface area contributed by atoms with Crippen molar-refractivity contribution in [1.82, 2.24) is 4.90 Å². The lowest BCUT2D eigenvalue weighted by molar-refractivity contribution is -0.144. The normalized spacial score (nSPS) is 13.6. The third-order valence-corrected chi connectivity index (χ3v) is 1.46. The highest BCUT2D eigenvalue weighted by atomic mass is 19.4. The molecule has 0 radical (unpaired) electrons. The number of nitrogens with two attached hydrogens (primary N) is 1. The van der Waals surface area contributed by atoms with E-state index in [4.69, 9.17) is 10.9 Å². The van der Waals surface area contributed by atoms with Crippen LogP contribution < -0.4 is 5.73 Å². The van der Waals surface area contributed by atoms with Crippen LogP contribution in [0.1, 0.15) is 13.3 Å². The number of amidine groups is 1. The average Bonchev–Trinajstić information content (AvgIpc) is 2.01. The summed E-state index contributed by atoms with van der Waals surface area (Å²) in [4.78, 5) is 1.08. The zero-order valence-corrected chi connectivity index (χ0v) is 7.88. The second-order valence-electron chi connectivity index (χ2n) is 2.92. The van der Waals surface area contributed by atoms with E-state index in [0.29, 0.717) is 6.42 Å². The molecule has 0 heterocycles. The molecule has 0 saturated carbocycles. The van der Waals surface area contributed by atoms with E-state index < -0.39 is 12.7 Å². The van der Waals surface area contributed by atoms with Crippen molar-refractivity contribution < 1.29 is 18.4 Å². The molecule has 4 nitrogen and oxygen atoms in total. The first-order valence-corrected chi connectivity index (χ1v) is 4.14. The van der Waals surface area contributed by atoms with E-state index in [0.717, 1.165) is 4.90 Å². The highest BCUT2D eigenvalue weighted by Gasteiger charge is 2.30. The fourth-order valence-electron chi connectivity index (χ4n) is 1.04. The van der Waals surface area contributed by atoms with Crippen molar-refractivity contribution in [1.29, 1.82) is 0 Å². The molecule has 84 valence electrons. The van der Waals surface area contributed by atoms with Crippen LogP contribution in [0, 0.1) is 0 Å². The van der Waals surface area contributed by atoms with Gasteiger partial charge in [0.05, 0.1) is 13.1 Å². The van der Waals surface area contributed by atoms with Gasteiger partial charge in [-0.1, -0.05) is 12.1 Å². The van der Waals surface area contributed by atoms with Crippen molar-refractivity contribution in [2.75, 3.05) is 19.6 Å². The topological polar surface area (TPSA) is 61.8 Å². The molecule has 0 aliphatic rings. The smallest absolute Gasteiger partial charge is 0.401 e. The first kappa shape index (κ1) is 13.0. The summed E-state index contributed by atoms with van der Waals surface area (Å²) in [5.41, 5.74) is 5.11. The van der Waals surface area contributed by atoms with Gasteiger partial charge in [-0.2, -0.15) is 13.2 Å². The highest BCUT2D eigenvalue weighted by molar-refractivity contribution is 5.81. The summed E-state index contributed by atoms with van der Waals surface area (Å²) in [6, 6.07) is 0. The van der Waals surface area contributed by atoms with Gasteiger partial charge >= 0.3 is 6.18 Å². The van der Waals surface area contributed by atoms with Crippen molar-refractivity contribution in [2.45, 2.75) is 19.5 Å². The van der Waals surface area contributed by atoms with Gasteiger partial charge in [-0.25, -0.2) is 0 Å². The molecular weight excluding hydrogens is 199 g/mol. The molecule has 0 spiro atoms. The Labute approximate surface area is 80.2 Å². The molecule has 0 saturated heterocycles. The molecule has 0 aliphatic carbocycles. The number of hydrogen-bond donors (Lipinski definition) is 2. The molecule has 0 fully saturated rings. The van der Waals surface area contributed by atoms with Gasteiger partial charge < -0.3 is 10.9 Å². The predicted molar refractivity (Wildman–Crippen MR) is 46.2 cm³/mol. The number of rotatable bonds is 5. The number of oxime groups is 1. The first-order valence-electron chi connectivity index (χ1n) is 4.14. The van der Waals surface area contributed by atoms with Gasteiger partial charge in [-0.05, 0) is 13.0 Å². The summed E-state index contributed by atoms with van der Waals surface area (Å²) < 4.78 is 36.0. The summed E-state index contributed by atoms with van der Waals surface area (Å²) in [6.07, 6.45) is -3.68. The SMILES string of the molecule is CCCN(CC(N)=NO)CC(F)(F)F. The number of halogens is 3. The van der Waals surface area contributed by atoms with Crippen LogP contribution in [-0.2, 0) is 0 Å². The summed E-state index contributed by atoms with van der Waals surface area (Å²) in [6.45, 7) is 0.798. The van der Waals surface area contributed by atoms with Gasteiger partial charge in [-0.15, -0.1) is 0 Å². The molecular formula is C7H14F3N3O. The minimum absolute atomic E-state index is 0.177. The Morgan fingerprint density at radius 2 is 2.07 bits per heavy atom. The number of alkyl halides is 3. The van der Waals surface area contributed by atoms with Crippen molar-refractivity contribution in [3.63, 3.8) is 0 Å². The van der Waals surface area contributed by atoms with Crippen molar-refractivity contribution in [3.8, 4) is 0 Å². The van der Waals surface area contributed by atoms with Gasteiger partial charge in [0.25, 0.3) is 0 Å². The van der Waals surface area contributed by atoms with E-state index in [1.54, 1.807) is 6.92 Å². The molecule has 0 aromatic rings. The molecule has 0 atom stereocenters. The zero-order valence-electron chi connectivity index (χ0n) is 7.88. The third kappa shape index (κ3) is 6.53. The van der Waals surface area contributed by atoms with E-state index in [1.807, 2.05) is 0 Å². The molecule has 0 unspecified atom stereocenters. The fraction of sp³-hybridized carbons (Fsp3) is 0.857. The van der Waals surface area contributed by atoms with Gasteiger partial charge in [0.15, 0.2) is 5.84 Å². The number of nitrogens with zero attached hydrogens (tertiary/aromatic N) is 2.